The van der Waals surface area contributed by atoms with E-state index in [-0.39, 0.29) is 8.85 Å². The Labute approximate surface area is 302 Å². The molecule has 51 heavy (non-hydrogen) atoms. The van der Waals surface area contributed by atoms with Crippen LogP contribution in [0.5, 0.6) is 0 Å². The lowest BCUT2D eigenvalue weighted by Gasteiger charge is -2.32. The molecule has 0 saturated carbocycles. The molecule has 2 aliphatic carbocycles. The number of fused-ring (bicyclic) bond motifs is 10. The number of hydrogen-bond donors (Lipinski definition) is 0. The van der Waals surface area contributed by atoms with Gasteiger partial charge in [0.1, 0.15) is 0 Å². The van der Waals surface area contributed by atoms with E-state index < -0.39 is 5.41 Å². The molecule has 1 heteroatoms. The van der Waals surface area contributed by atoms with Gasteiger partial charge in [-0.25, -0.2) is 0 Å². The molecular formula is C50H39N. The fourth-order valence-corrected chi connectivity index (χ4v) is 8.68. The van der Waals surface area contributed by atoms with E-state index in [0.717, 1.165) is 11.4 Å². The SMILES string of the molecule is C.[HH].c1ccc(-c2ccc(N(c3ccccc3-c3ccccc3)c3cccc4c3-c3ccccc3C43c4ccccc4-c4ccccc43)cc2)cc1. The Balaban J connectivity index is 0.00000193. The summed E-state index contributed by atoms with van der Waals surface area (Å²) in [7, 11) is 0. The molecule has 0 saturated heterocycles. The number of rotatable bonds is 5. The van der Waals surface area contributed by atoms with Crippen molar-refractivity contribution in [2.45, 2.75) is 12.8 Å². The van der Waals surface area contributed by atoms with Gasteiger partial charge in [0, 0.05) is 18.2 Å². The lowest BCUT2D eigenvalue weighted by molar-refractivity contribution is 0.794. The third kappa shape index (κ3) is 4.48. The molecule has 0 heterocycles. The zero-order valence-electron chi connectivity index (χ0n) is 27.5. The Bertz CT molecular complexity index is 2490. The van der Waals surface area contributed by atoms with Crippen molar-refractivity contribution in [3.8, 4) is 44.5 Å². The lowest BCUT2D eigenvalue weighted by atomic mass is 9.70. The highest BCUT2D eigenvalue weighted by Crippen LogP contribution is 2.64. The zero-order chi connectivity index (χ0) is 33.1. The van der Waals surface area contributed by atoms with Crippen LogP contribution in [0.2, 0.25) is 0 Å². The first-order chi connectivity index (χ1) is 24.8. The second kappa shape index (κ2) is 12.2. The maximum atomic E-state index is 2.48. The van der Waals surface area contributed by atoms with Crippen LogP contribution in [0.3, 0.4) is 0 Å². The first-order valence-corrected chi connectivity index (χ1v) is 17.4. The average Bonchev–Trinajstić information content (AvgIpc) is 3.67. The summed E-state index contributed by atoms with van der Waals surface area (Å²) in [6, 6.07) is 73.4. The average molecular weight is 654 g/mol. The largest absolute Gasteiger partial charge is 0.309 e. The summed E-state index contributed by atoms with van der Waals surface area (Å²) in [4.78, 5) is 2.48. The van der Waals surface area contributed by atoms with Gasteiger partial charge in [0.05, 0.1) is 16.8 Å². The molecule has 0 aromatic heterocycles. The maximum Gasteiger partial charge on any atom is 0.0726 e. The van der Waals surface area contributed by atoms with Crippen molar-refractivity contribution in [1.29, 1.82) is 0 Å². The Morgan fingerprint density at radius 1 is 0.314 bits per heavy atom. The summed E-state index contributed by atoms with van der Waals surface area (Å²) in [6.07, 6.45) is 0. The lowest BCUT2D eigenvalue weighted by Crippen LogP contribution is -2.26. The van der Waals surface area contributed by atoms with Crippen molar-refractivity contribution >= 4 is 17.1 Å². The third-order valence-corrected chi connectivity index (χ3v) is 10.7. The van der Waals surface area contributed by atoms with E-state index in [1.54, 1.807) is 0 Å². The molecule has 10 rings (SSSR count). The highest BCUT2D eigenvalue weighted by molar-refractivity contribution is 6.02. The van der Waals surface area contributed by atoms with Crippen LogP contribution in [-0.2, 0) is 5.41 Å². The van der Waals surface area contributed by atoms with E-state index in [1.807, 2.05) is 0 Å². The van der Waals surface area contributed by atoms with Crippen molar-refractivity contribution in [3.63, 3.8) is 0 Å². The van der Waals surface area contributed by atoms with Gasteiger partial charge in [-0.2, -0.15) is 0 Å². The van der Waals surface area contributed by atoms with E-state index in [4.69, 9.17) is 0 Å². The van der Waals surface area contributed by atoms with Crippen LogP contribution in [0, 0.1) is 0 Å². The van der Waals surface area contributed by atoms with Gasteiger partial charge in [0.15, 0.2) is 0 Å². The first-order valence-electron chi connectivity index (χ1n) is 17.4. The van der Waals surface area contributed by atoms with Gasteiger partial charge in [-0.3, -0.25) is 0 Å². The number of nitrogens with zero attached hydrogens (tertiary/aromatic N) is 1. The van der Waals surface area contributed by atoms with Crippen molar-refractivity contribution in [2.75, 3.05) is 4.90 Å². The number of hydrogen-bond acceptors (Lipinski definition) is 1. The second-order valence-electron chi connectivity index (χ2n) is 13.2. The fourth-order valence-electron chi connectivity index (χ4n) is 8.68. The Kier molecular flexibility index (Phi) is 7.30. The van der Waals surface area contributed by atoms with Gasteiger partial charge in [-0.1, -0.05) is 183 Å². The minimum Gasteiger partial charge on any atom is -0.309 e. The summed E-state index contributed by atoms with van der Waals surface area (Å²) in [5.41, 5.74) is 18.4. The van der Waals surface area contributed by atoms with Gasteiger partial charge in [0.2, 0.25) is 0 Å². The molecule has 0 radical (unpaired) electrons. The Morgan fingerprint density at radius 2 is 0.745 bits per heavy atom. The van der Waals surface area contributed by atoms with E-state index in [0.29, 0.717) is 0 Å². The summed E-state index contributed by atoms with van der Waals surface area (Å²) in [5.74, 6) is 0. The summed E-state index contributed by atoms with van der Waals surface area (Å²) in [5, 5.41) is 0. The van der Waals surface area contributed by atoms with Crippen LogP contribution in [0.1, 0.15) is 31.1 Å². The maximum absolute atomic E-state index is 2.48. The molecule has 0 fully saturated rings. The third-order valence-electron chi connectivity index (χ3n) is 10.7. The molecular weight excluding hydrogens is 615 g/mol. The highest BCUT2D eigenvalue weighted by atomic mass is 15.1. The monoisotopic (exact) mass is 653 g/mol. The molecule has 0 atom stereocenters. The molecule has 0 amide bonds. The molecule has 2 aliphatic rings. The van der Waals surface area contributed by atoms with E-state index >= 15 is 0 Å². The minimum atomic E-state index is -0.406. The second-order valence-corrected chi connectivity index (χ2v) is 13.2. The topological polar surface area (TPSA) is 3.24 Å². The Morgan fingerprint density at radius 3 is 1.37 bits per heavy atom. The summed E-state index contributed by atoms with van der Waals surface area (Å²) in [6.45, 7) is 0. The van der Waals surface area contributed by atoms with E-state index in [1.165, 1.54) is 72.4 Å². The van der Waals surface area contributed by atoms with Crippen LogP contribution >= 0.6 is 0 Å². The van der Waals surface area contributed by atoms with Crippen molar-refractivity contribution in [1.82, 2.24) is 0 Å². The fraction of sp³-hybridized carbons (Fsp3) is 0.0400. The van der Waals surface area contributed by atoms with Crippen LogP contribution in [0.15, 0.2) is 200 Å². The van der Waals surface area contributed by atoms with E-state index in [9.17, 15) is 0 Å². The van der Waals surface area contributed by atoms with Gasteiger partial charge in [-0.15, -0.1) is 0 Å². The van der Waals surface area contributed by atoms with Crippen molar-refractivity contribution < 1.29 is 1.43 Å². The normalized spacial score (nSPS) is 12.7. The minimum absolute atomic E-state index is 0. The van der Waals surface area contributed by atoms with Gasteiger partial charge in [-0.05, 0) is 79.9 Å². The number of anilines is 3. The molecule has 0 bridgehead atoms. The number of benzene rings is 8. The predicted octanol–water partition coefficient (Wildman–Crippen LogP) is 13.7. The van der Waals surface area contributed by atoms with Gasteiger partial charge >= 0.3 is 0 Å². The summed E-state index contributed by atoms with van der Waals surface area (Å²) >= 11 is 0. The summed E-state index contributed by atoms with van der Waals surface area (Å²) < 4.78 is 0. The predicted molar refractivity (Wildman–Crippen MR) is 217 cm³/mol. The Hall–Kier alpha value is -6.44. The molecule has 1 spiro atoms. The van der Waals surface area contributed by atoms with Gasteiger partial charge < -0.3 is 4.90 Å². The van der Waals surface area contributed by atoms with E-state index in [2.05, 4.69) is 205 Å². The zero-order valence-corrected chi connectivity index (χ0v) is 27.5. The first kappa shape index (κ1) is 30.6. The molecule has 8 aromatic carbocycles. The molecule has 0 aliphatic heterocycles. The molecule has 0 unspecified atom stereocenters. The van der Waals surface area contributed by atoms with Gasteiger partial charge in [0.25, 0.3) is 0 Å². The molecule has 0 N–H and O–H groups in total. The van der Waals surface area contributed by atoms with Crippen molar-refractivity contribution in [3.05, 3.63) is 222 Å². The molecule has 1 nitrogen and oxygen atoms in total. The molecule has 244 valence electrons. The molecule has 8 aromatic rings. The van der Waals surface area contributed by atoms with Crippen molar-refractivity contribution in [2.24, 2.45) is 0 Å². The van der Waals surface area contributed by atoms with Crippen LogP contribution in [-0.4, -0.2) is 0 Å². The smallest absolute Gasteiger partial charge is 0.0726 e. The van der Waals surface area contributed by atoms with Crippen LogP contribution in [0.4, 0.5) is 17.1 Å². The standard InChI is InChI=1S/C49H33N.CH4.H2/c1-3-16-34(17-4-1)35-30-32-37(33-31-35)50(46-28-14-10-20-38(46)36-18-5-2-6-19-36)47-29-15-27-45-48(47)41-23-9-13-26-44(41)49(45)42-24-11-7-21-39(42)40-22-8-12-25-43(40)49;;/h1-33H;1H4;1H. The van der Waals surface area contributed by atoms with Crippen LogP contribution in [0.25, 0.3) is 44.5 Å². The quantitative estimate of drug-likeness (QED) is 0.179. The number of para-hydroxylation sites is 1. The highest BCUT2D eigenvalue weighted by Gasteiger charge is 2.52. The van der Waals surface area contributed by atoms with Crippen LogP contribution < -0.4 is 4.90 Å².